The van der Waals surface area contributed by atoms with Gasteiger partial charge in [0.1, 0.15) is 10.7 Å². The molecular weight excluding hydrogens is 248 g/mol. The monoisotopic (exact) mass is 268 g/mol. The molecule has 1 aliphatic heterocycles. The largest absolute Gasteiger partial charge is 0.339 e. The van der Waals surface area contributed by atoms with Crippen LogP contribution in [0.2, 0.25) is 0 Å². The first-order valence-electron chi connectivity index (χ1n) is 6.33. The van der Waals surface area contributed by atoms with Crippen molar-refractivity contribution >= 4 is 17.2 Å². The SMILES string of the molecule is CN(CCN1CCCC1)C(=O)c1csc(CN)n1. The van der Waals surface area contributed by atoms with Crippen molar-refractivity contribution < 1.29 is 4.79 Å². The Balaban J connectivity index is 1.83. The van der Waals surface area contributed by atoms with E-state index in [-0.39, 0.29) is 5.91 Å². The molecule has 0 aliphatic carbocycles. The summed E-state index contributed by atoms with van der Waals surface area (Å²) in [7, 11) is 1.83. The molecule has 1 aliphatic rings. The van der Waals surface area contributed by atoms with Crippen molar-refractivity contribution in [2.45, 2.75) is 19.4 Å². The van der Waals surface area contributed by atoms with E-state index in [1.807, 2.05) is 7.05 Å². The molecular formula is C12H20N4OS. The summed E-state index contributed by atoms with van der Waals surface area (Å²) in [5, 5.41) is 2.60. The Labute approximate surface area is 112 Å². The van der Waals surface area contributed by atoms with Gasteiger partial charge in [-0.2, -0.15) is 0 Å². The molecule has 0 radical (unpaired) electrons. The Bertz CT molecular complexity index is 401. The van der Waals surface area contributed by atoms with Crippen molar-refractivity contribution in [1.82, 2.24) is 14.8 Å². The van der Waals surface area contributed by atoms with E-state index in [1.165, 1.54) is 24.2 Å². The summed E-state index contributed by atoms with van der Waals surface area (Å²) in [5.74, 6) is -0.00912. The van der Waals surface area contributed by atoms with Gasteiger partial charge >= 0.3 is 0 Å². The average molecular weight is 268 g/mol. The van der Waals surface area contributed by atoms with Crippen LogP contribution in [0, 0.1) is 0 Å². The van der Waals surface area contributed by atoms with E-state index in [0.29, 0.717) is 12.2 Å². The van der Waals surface area contributed by atoms with Crippen LogP contribution in [0.5, 0.6) is 0 Å². The maximum Gasteiger partial charge on any atom is 0.273 e. The molecule has 0 spiro atoms. The number of nitrogens with zero attached hydrogens (tertiary/aromatic N) is 3. The molecule has 2 rings (SSSR count). The Morgan fingerprint density at radius 2 is 2.28 bits per heavy atom. The summed E-state index contributed by atoms with van der Waals surface area (Å²) in [5.41, 5.74) is 6.02. The molecule has 0 bridgehead atoms. The van der Waals surface area contributed by atoms with Crippen molar-refractivity contribution in [3.05, 3.63) is 16.1 Å². The van der Waals surface area contributed by atoms with Gasteiger partial charge in [-0.3, -0.25) is 4.79 Å². The van der Waals surface area contributed by atoms with Gasteiger partial charge in [0.15, 0.2) is 0 Å². The van der Waals surface area contributed by atoms with E-state index < -0.39 is 0 Å². The Morgan fingerprint density at radius 3 is 2.89 bits per heavy atom. The van der Waals surface area contributed by atoms with E-state index in [0.717, 1.165) is 31.2 Å². The molecule has 0 atom stereocenters. The molecule has 0 aromatic carbocycles. The van der Waals surface area contributed by atoms with Crippen LogP contribution in [0.15, 0.2) is 5.38 Å². The lowest BCUT2D eigenvalue weighted by molar-refractivity contribution is 0.0777. The molecule has 6 heteroatoms. The number of likely N-dealkylation sites (N-methyl/N-ethyl adjacent to an activating group) is 1. The predicted molar refractivity (Wildman–Crippen MR) is 72.6 cm³/mol. The van der Waals surface area contributed by atoms with Gasteiger partial charge in [0.2, 0.25) is 0 Å². The van der Waals surface area contributed by atoms with Crippen LogP contribution in [0.25, 0.3) is 0 Å². The van der Waals surface area contributed by atoms with Crippen LogP contribution >= 0.6 is 11.3 Å². The minimum absolute atomic E-state index is 0.00912. The molecule has 100 valence electrons. The summed E-state index contributed by atoms with van der Waals surface area (Å²) in [6, 6.07) is 0. The third-order valence-corrected chi connectivity index (χ3v) is 4.11. The van der Waals surface area contributed by atoms with Crippen LogP contribution < -0.4 is 5.73 Å². The highest BCUT2D eigenvalue weighted by Gasteiger charge is 2.17. The van der Waals surface area contributed by atoms with Gasteiger partial charge in [-0.15, -0.1) is 11.3 Å². The smallest absolute Gasteiger partial charge is 0.273 e. The number of hydrogen-bond acceptors (Lipinski definition) is 5. The number of carbonyl (C=O) groups excluding carboxylic acids is 1. The van der Waals surface area contributed by atoms with E-state index >= 15 is 0 Å². The molecule has 18 heavy (non-hydrogen) atoms. The summed E-state index contributed by atoms with van der Waals surface area (Å²) in [6.45, 7) is 4.44. The number of rotatable bonds is 5. The summed E-state index contributed by atoms with van der Waals surface area (Å²) in [4.78, 5) is 20.5. The number of aromatic nitrogens is 1. The van der Waals surface area contributed by atoms with Crippen molar-refractivity contribution in [2.24, 2.45) is 5.73 Å². The second kappa shape index (κ2) is 6.26. The van der Waals surface area contributed by atoms with E-state index in [2.05, 4.69) is 9.88 Å². The van der Waals surface area contributed by atoms with Crippen molar-refractivity contribution in [2.75, 3.05) is 33.2 Å². The lowest BCUT2D eigenvalue weighted by Crippen LogP contribution is -2.35. The topological polar surface area (TPSA) is 62.5 Å². The molecule has 1 aromatic heterocycles. The molecule has 1 saturated heterocycles. The van der Waals surface area contributed by atoms with Crippen molar-refractivity contribution in [3.8, 4) is 0 Å². The van der Waals surface area contributed by atoms with Gasteiger partial charge in [0, 0.05) is 32.1 Å². The number of thiazole rings is 1. The first kappa shape index (κ1) is 13.5. The zero-order valence-electron chi connectivity index (χ0n) is 10.8. The molecule has 0 saturated carbocycles. The summed E-state index contributed by atoms with van der Waals surface area (Å²) < 4.78 is 0. The maximum absolute atomic E-state index is 12.1. The minimum atomic E-state index is -0.00912. The fraction of sp³-hybridized carbons (Fsp3) is 0.667. The van der Waals surface area contributed by atoms with Crippen LogP contribution in [0.4, 0.5) is 0 Å². The second-order valence-corrected chi connectivity index (χ2v) is 5.55. The van der Waals surface area contributed by atoms with E-state index in [9.17, 15) is 4.79 Å². The van der Waals surface area contributed by atoms with Gasteiger partial charge < -0.3 is 15.5 Å². The molecule has 1 aromatic rings. The minimum Gasteiger partial charge on any atom is -0.339 e. The lowest BCUT2D eigenvalue weighted by atomic mass is 10.4. The van der Waals surface area contributed by atoms with Gasteiger partial charge in [0.05, 0.1) is 0 Å². The zero-order valence-corrected chi connectivity index (χ0v) is 11.6. The third-order valence-electron chi connectivity index (χ3n) is 3.24. The van der Waals surface area contributed by atoms with Crippen molar-refractivity contribution in [1.29, 1.82) is 0 Å². The molecule has 0 unspecified atom stereocenters. The van der Waals surface area contributed by atoms with Crippen molar-refractivity contribution in [3.63, 3.8) is 0 Å². The second-order valence-electron chi connectivity index (χ2n) is 4.61. The van der Waals surface area contributed by atoms with Gasteiger partial charge in [-0.25, -0.2) is 4.98 Å². The Kier molecular flexibility index (Phi) is 4.68. The van der Waals surface area contributed by atoms with Crippen LogP contribution in [0.1, 0.15) is 28.3 Å². The Hall–Kier alpha value is -0.980. The van der Waals surface area contributed by atoms with Crippen LogP contribution in [0.3, 0.4) is 0 Å². The highest BCUT2D eigenvalue weighted by atomic mass is 32.1. The summed E-state index contributed by atoms with van der Waals surface area (Å²) >= 11 is 1.44. The molecule has 2 N–H and O–H groups in total. The molecule has 2 heterocycles. The Morgan fingerprint density at radius 1 is 1.56 bits per heavy atom. The fourth-order valence-electron chi connectivity index (χ4n) is 2.10. The third kappa shape index (κ3) is 3.28. The number of likely N-dealkylation sites (tertiary alicyclic amines) is 1. The van der Waals surface area contributed by atoms with Gasteiger partial charge in [-0.1, -0.05) is 0 Å². The number of nitrogens with two attached hydrogens (primary N) is 1. The maximum atomic E-state index is 12.1. The molecule has 5 nitrogen and oxygen atoms in total. The number of carbonyl (C=O) groups is 1. The predicted octanol–water partition coefficient (Wildman–Crippen LogP) is 0.770. The highest BCUT2D eigenvalue weighted by molar-refractivity contribution is 7.09. The van der Waals surface area contributed by atoms with Crippen LogP contribution in [-0.2, 0) is 6.54 Å². The fourth-order valence-corrected chi connectivity index (χ4v) is 2.75. The molecule has 1 amide bonds. The quantitative estimate of drug-likeness (QED) is 0.857. The standard InChI is InChI=1S/C12H20N4OS/c1-15(6-7-16-4-2-3-5-16)12(17)10-9-18-11(8-13)14-10/h9H,2-8,13H2,1H3. The number of hydrogen-bond donors (Lipinski definition) is 1. The first-order chi connectivity index (χ1) is 8.70. The van der Waals surface area contributed by atoms with E-state index in [1.54, 1.807) is 10.3 Å². The van der Waals surface area contributed by atoms with Crippen LogP contribution in [-0.4, -0.2) is 53.9 Å². The first-order valence-corrected chi connectivity index (χ1v) is 7.21. The lowest BCUT2D eigenvalue weighted by Gasteiger charge is -2.20. The van der Waals surface area contributed by atoms with Gasteiger partial charge in [-0.05, 0) is 25.9 Å². The number of amides is 1. The zero-order chi connectivity index (χ0) is 13.0. The highest BCUT2D eigenvalue weighted by Crippen LogP contribution is 2.11. The van der Waals surface area contributed by atoms with E-state index in [4.69, 9.17) is 5.73 Å². The van der Waals surface area contributed by atoms with Gasteiger partial charge in [0.25, 0.3) is 5.91 Å². The summed E-state index contributed by atoms with van der Waals surface area (Å²) in [6.07, 6.45) is 2.56. The normalized spacial score (nSPS) is 16.1. The molecule has 1 fully saturated rings. The average Bonchev–Trinajstić information content (AvgIpc) is 3.05.